The standard InChI is InChI=1S/C18H19ClFNO2/c1-18(2,3)13-6-4-5-7-16(13)23-11-17(22)21-15-9-8-12(20)10-14(15)19/h4-10H,11H2,1-3H3,(H,21,22). The van der Waals surface area contributed by atoms with Crippen LogP contribution in [-0.4, -0.2) is 12.5 Å². The molecule has 5 heteroatoms. The highest BCUT2D eigenvalue weighted by atomic mass is 35.5. The van der Waals surface area contributed by atoms with Gasteiger partial charge in [0.1, 0.15) is 11.6 Å². The Morgan fingerprint density at radius 1 is 1.22 bits per heavy atom. The molecule has 0 fully saturated rings. The second-order valence-corrected chi connectivity index (χ2v) is 6.61. The molecule has 0 saturated carbocycles. The molecule has 0 radical (unpaired) electrons. The van der Waals surface area contributed by atoms with E-state index in [4.69, 9.17) is 16.3 Å². The zero-order chi connectivity index (χ0) is 17.0. The molecule has 0 spiro atoms. The van der Waals surface area contributed by atoms with Gasteiger partial charge in [-0.3, -0.25) is 4.79 Å². The lowest BCUT2D eigenvalue weighted by Crippen LogP contribution is -2.22. The van der Waals surface area contributed by atoms with Crippen LogP contribution in [0.4, 0.5) is 10.1 Å². The van der Waals surface area contributed by atoms with Crippen molar-refractivity contribution in [3.63, 3.8) is 0 Å². The number of benzene rings is 2. The molecule has 1 N–H and O–H groups in total. The summed E-state index contributed by atoms with van der Waals surface area (Å²) in [5.74, 6) is -0.147. The molecule has 2 aromatic rings. The van der Waals surface area contributed by atoms with Crippen molar-refractivity contribution >= 4 is 23.2 Å². The number of rotatable bonds is 4. The highest BCUT2D eigenvalue weighted by Crippen LogP contribution is 2.31. The zero-order valence-corrected chi connectivity index (χ0v) is 14.1. The number of para-hydroxylation sites is 1. The Morgan fingerprint density at radius 3 is 2.57 bits per heavy atom. The Hall–Kier alpha value is -2.07. The van der Waals surface area contributed by atoms with E-state index in [2.05, 4.69) is 26.1 Å². The maximum atomic E-state index is 13.0. The molecule has 0 heterocycles. The number of halogens is 2. The van der Waals surface area contributed by atoms with Crippen LogP contribution in [0.5, 0.6) is 5.75 Å². The van der Waals surface area contributed by atoms with E-state index in [-0.39, 0.29) is 23.0 Å². The normalized spacial score (nSPS) is 11.2. The predicted molar refractivity (Wildman–Crippen MR) is 90.7 cm³/mol. The van der Waals surface area contributed by atoms with Gasteiger partial charge in [0.25, 0.3) is 5.91 Å². The fourth-order valence-corrected chi connectivity index (χ4v) is 2.35. The van der Waals surface area contributed by atoms with E-state index in [1.54, 1.807) is 0 Å². The molecule has 1 amide bonds. The molecular formula is C18H19ClFNO2. The van der Waals surface area contributed by atoms with Gasteiger partial charge in [0, 0.05) is 0 Å². The Balaban J connectivity index is 2.03. The van der Waals surface area contributed by atoms with Crippen LogP contribution in [-0.2, 0) is 10.2 Å². The Morgan fingerprint density at radius 2 is 1.91 bits per heavy atom. The number of anilines is 1. The first-order valence-corrected chi connectivity index (χ1v) is 7.62. The first kappa shape index (κ1) is 17.3. The highest BCUT2D eigenvalue weighted by Gasteiger charge is 2.19. The molecule has 0 aliphatic rings. The third-order valence-corrected chi connectivity index (χ3v) is 3.57. The fraction of sp³-hybridized carbons (Fsp3) is 0.278. The maximum absolute atomic E-state index is 13.0. The van der Waals surface area contributed by atoms with Crippen molar-refractivity contribution in [2.45, 2.75) is 26.2 Å². The topological polar surface area (TPSA) is 38.3 Å². The highest BCUT2D eigenvalue weighted by molar-refractivity contribution is 6.33. The summed E-state index contributed by atoms with van der Waals surface area (Å²) in [6.45, 7) is 6.08. The minimum absolute atomic E-state index is 0.0899. The number of hydrogen-bond acceptors (Lipinski definition) is 2. The van der Waals surface area contributed by atoms with Gasteiger partial charge in [0.2, 0.25) is 0 Å². The summed E-state index contributed by atoms with van der Waals surface area (Å²) in [6, 6.07) is 11.4. The first-order chi connectivity index (χ1) is 10.8. The predicted octanol–water partition coefficient (Wildman–Crippen LogP) is 4.79. The Kier molecular flexibility index (Phi) is 5.26. The summed E-state index contributed by atoms with van der Waals surface area (Å²) in [6.07, 6.45) is 0. The summed E-state index contributed by atoms with van der Waals surface area (Å²) < 4.78 is 18.6. The van der Waals surface area contributed by atoms with Gasteiger partial charge in [0.05, 0.1) is 10.7 Å². The van der Waals surface area contributed by atoms with Gasteiger partial charge in [-0.15, -0.1) is 0 Å². The lowest BCUT2D eigenvalue weighted by molar-refractivity contribution is -0.118. The Bertz CT molecular complexity index is 710. The van der Waals surface area contributed by atoms with Gasteiger partial charge in [-0.1, -0.05) is 50.6 Å². The number of ether oxygens (including phenoxy) is 1. The fourth-order valence-electron chi connectivity index (χ4n) is 2.13. The van der Waals surface area contributed by atoms with Crippen LogP contribution in [0.3, 0.4) is 0 Å². The van der Waals surface area contributed by atoms with Crippen LogP contribution in [0.25, 0.3) is 0 Å². The van der Waals surface area contributed by atoms with Crippen molar-refractivity contribution in [2.75, 3.05) is 11.9 Å². The molecule has 23 heavy (non-hydrogen) atoms. The largest absolute Gasteiger partial charge is 0.483 e. The number of amides is 1. The van der Waals surface area contributed by atoms with Crippen LogP contribution in [0.2, 0.25) is 5.02 Å². The van der Waals surface area contributed by atoms with E-state index in [0.717, 1.165) is 11.6 Å². The second-order valence-electron chi connectivity index (χ2n) is 6.21. The Labute approximate surface area is 140 Å². The molecule has 0 aliphatic heterocycles. The van der Waals surface area contributed by atoms with Gasteiger partial charge < -0.3 is 10.1 Å². The van der Waals surface area contributed by atoms with Crippen molar-refractivity contribution in [1.82, 2.24) is 0 Å². The van der Waals surface area contributed by atoms with Crippen molar-refractivity contribution in [3.8, 4) is 5.75 Å². The van der Waals surface area contributed by atoms with E-state index in [1.165, 1.54) is 12.1 Å². The molecule has 0 atom stereocenters. The molecule has 0 aliphatic carbocycles. The van der Waals surface area contributed by atoms with Crippen LogP contribution >= 0.6 is 11.6 Å². The van der Waals surface area contributed by atoms with Crippen molar-refractivity contribution < 1.29 is 13.9 Å². The summed E-state index contributed by atoms with van der Waals surface area (Å²) in [5.41, 5.74) is 1.28. The monoisotopic (exact) mass is 335 g/mol. The molecule has 0 aromatic heterocycles. The summed E-state index contributed by atoms with van der Waals surface area (Å²) in [4.78, 5) is 12.0. The number of carbonyl (C=O) groups is 1. The van der Waals surface area contributed by atoms with Crippen LogP contribution < -0.4 is 10.1 Å². The molecule has 2 rings (SSSR count). The molecule has 2 aromatic carbocycles. The lowest BCUT2D eigenvalue weighted by atomic mass is 9.86. The lowest BCUT2D eigenvalue weighted by Gasteiger charge is -2.22. The number of hydrogen-bond donors (Lipinski definition) is 1. The zero-order valence-electron chi connectivity index (χ0n) is 13.3. The third kappa shape index (κ3) is 4.70. The van der Waals surface area contributed by atoms with E-state index in [1.807, 2.05) is 24.3 Å². The van der Waals surface area contributed by atoms with E-state index >= 15 is 0 Å². The summed E-state index contributed by atoms with van der Waals surface area (Å²) in [5, 5.41) is 2.75. The molecular weight excluding hydrogens is 317 g/mol. The van der Waals surface area contributed by atoms with E-state index in [0.29, 0.717) is 11.4 Å². The molecule has 0 saturated heterocycles. The van der Waals surface area contributed by atoms with Crippen molar-refractivity contribution in [3.05, 3.63) is 58.9 Å². The van der Waals surface area contributed by atoms with Gasteiger partial charge in [-0.2, -0.15) is 0 Å². The van der Waals surface area contributed by atoms with Gasteiger partial charge in [-0.25, -0.2) is 4.39 Å². The number of carbonyl (C=O) groups excluding carboxylic acids is 1. The second kappa shape index (κ2) is 7.01. The van der Waals surface area contributed by atoms with Crippen LogP contribution in [0.1, 0.15) is 26.3 Å². The molecule has 3 nitrogen and oxygen atoms in total. The molecule has 0 unspecified atom stereocenters. The summed E-state index contributed by atoms with van der Waals surface area (Å²) >= 11 is 5.88. The van der Waals surface area contributed by atoms with E-state index < -0.39 is 5.82 Å². The quantitative estimate of drug-likeness (QED) is 0.872. The first-order valence-electron chi connectivity index (χ1n) is 7.24. The van der Waals surface area contributed by atoms with Gasteiger partial charge in [0.15, 0.2) is 6.61 Å². The average Bonchev–Trinajstić information content (AvgIpc) is 2.47. The maximum Gasteiger partial charge on any atom is 0.262 e. The van der Waals surface area contributed by atoms with E-state index in [9.17, 15) is 9.18 Å². The van der Waals surface area contributed by atoms with Crippen LogP contribution in [0.15, 0.2) is 42.5 Å². The molecule has 122 valence electrons. The van der Waals surface area contributed by atoms with Crippen molar-refractivity contribution in [2.24, 2.45) is 0 Å². The van der Waals surface area contributed by atoms with Gasteiger partial charge in [-0.05, 0) is 35.2 Å². The van der Waals surface area contributed by atoms with Crippen LogP contribution in [0, 0.1) is 5.82 Å². The molecule has 0 bridgehead atoms. The third-order valence-electron chi connectivity index (χ3n) is 3.26. The van der Waals surface area contributed by atoms with Crippen molar-refractivity contribution in [1.29, 1.82) is 0 Å². The minimum atomic E-state index is -0.455. The average molecular weight is 336 g/mol. The van der Waals surface area contributed by atoms with Gasteiger partial charge >= 0.3 is 0 Å². The minimum Gasteiger partial charge on any atom is -0.483 e. The smallest absolute Gasteiger partial charge is 0.262 e. The summed E-state index contributed by atoms with van der Waals surface area (Å²) in [7, 11) is 0. The number of nitrogens with one attached hydrogen (secondary N) is 1. The SMILES string of the molecule is CC(C)(C)c1ccccc1OCC(=O)Nc1ccc(F)cc1Cl.